The van der Waals surface area contributed by atoms with Crippen LogP contribution in [0.25, 0.3) is 10.1 Å². The molecular formula is C18H18BrNS. The third kappa shape index (κ3) is 3.05. The summed E-state index contributed by atoms with van der Waals surface area (Å²) in [6.07, 6.45) is 1.00. The lowest BCUT2D eigenvalue weighted by molar-refractivity contribution is 0.592. The molecule has 3 rings (SSSR count). The van der Waals surface area contributed by atoms with Crippen molar-refractivity contribution in [1.82, 2.24) is 5.32 Å². The fourth-order valence-electron chi connectivity index (χ4n) is 2.69. The lowest BCUT2D eigenvalue weighted by Gasteiger charge is -2.18. The van der Waals surface area contributed by atoms with Crippen LogP contribution in [0.5, 0.6) is 0 Å². The normalized spacial score (nSPS) is 12.7. The number of hydrogen-bond donors (Lipinski definition) is 1. The molecule has 0 saturated carbocycles. The van der Waals surface area contributed by atoms with Crippen LogP contribution in [0.4, 0.5) is 0 Å². The number of fused-ring (bicyclic) bond motifs is 1. The van der Waals surface area contributed by atoms with Gasteiger partial charge in [0, 0.05) is 15.2 Å². The van der Waals surface area contributed by atoms with Crippen LogP contribution in [0.15, 0.2) is 52.3 Å². The van der Waals surface area contributed by atoms with Gasteiger partial charge in [0.15, 0.2) is 0 Å². The molecule has 1 heterocycles. The van der Waals surface area contributed by atoms with E-state index in [1.54, 1.807) is 0 Å². The Hall–Kier alpha value is -1.16. The Morgan fingerprint density at radius 1 is 1.19 bits per heavy atom. The van der Waals surface area contributed by atoms with Crippen molar-refractivity contribution < 1.29 is 0 Å². The van der Waals surface area contributed by atoms with E-state index in [4.69, 9.17) is 0 Å². The van der Waals surface area contributed by atoms with E-state index < -0.39 is 0 Å². The molecule has 0 amide bonds. The molecule has 1 nitrogen and oxygen atoms in total. The standard InChI is InChI=1S/C18H18BrNS/c1-12-7-8-15(16(19)9-12)17(20-2)10-13-11-21-18-6-4-3-5-14(13)18/h3-9,11,17,20H,10H2,1-2H3. The monoisotopic (exact) mass is 359 g/mol. The Morgan fingerprint density at radius 3 is 2.76 bits per heavy atom. The molecule has 0 spiro atoms. The van der Waals surface area contributed by atoms with Crippen LogP contribution < -0.4 is 5.32 Å². The van der Waals surface area contributed by atoms with Crippen LogP contribution in [0.3, 0.4) is 0 Å². The maximum atomic E-state index is 3.70. The van der Waals surface area contributed by atoms with Crippen LogP contribution in [0, 0.1) is 6.92 Å². The predicted octanol–water partition coefficient (Wildman–Crippen LogP) is 5.48. The molecule has 0 aliphatic heterocycles. The fourth-order valence-corrected chi connectivity index (χ4v) is 4.44. The first kappa shape index (κ1) is 14.8. The first-order chi connectivity index (χ1) is 10.2. The summed E-state index contributed by atoms with van der Waals surface area (Å²) in [6, 6.07) is 15.5. The molecule has 0 saturated heterocycles. The molecule has 0 aliphatic carbocycles. The van der Waals surface area contributed by atoms with Gasteiger partial charge in [0.2, 0.25) is 0 Å². The number of halogens is 1. The van der Waals surface area contributed by atoms with Gasteiger partial charge < -0.3 is 5.32 Å². The number of benzene rings is 2. The molecule has 1 aromatic heterocycles. The minimum absolute atomic E-state index is 0.318. The molecule has 3 aromatic rings. The van der Waals surface area contributed by atoms with Gasteiger partial charge in [-0.05, 0) is 60.0 Å². The van der Waals surface area contributed by atoms with Crippen molar-refractivity contribution in [2.24, 2.45) is 0 Å². The SMILES string of the molecule is CNC(Cc1csc2ccccc12)c1ccc(C)cc1Br. The van der Waals surface area contributed by atoms with Gasteiger partial charge in [-0.1, -0.05) is 46.3 Å². The lowest BCUT2D eigenvalue weighted by Crippen LogP contribution is -2.19. The Balaban J connectivity index is 1.94. The van der Waals surface area contributed by atoms with Gasteiger partial charge >= 0.3 is 0 Å². The molecule has 1 atom stereocenters. The lowest BCUT2D eigenvalue weighted by atomic mass is 9.98. The first-order valence-corrected chi connectivity index (χ1v) is 8.74. The second-order valence-electron chi connectivity index (χ2n) is 5.33. The van der Waals surface area contributed by atoms with Crippen molar-refractivity contribution in [3.05, 3.63) is 69.0 Å². The van der Waals surface area contributed by atoms with E-state index >= 15 is 0 Å². The summed E-state index contributed by atoms with van der Waals surface area (Å²) in [5, 5.41) is 7.13. The molecule has 0 radical (unpaired) electrons. The average Bonchev–Trinajstić information content (AvgIpc) is 2.89. The van der Waals surface area contributed by atoms with Crippen LogP contribution in [0.2, 0.25) is 0 Å². The van der Waals surface area contributed by atoms with E-state index in [-0.39, 0.29) is 0 Å². The Morgan fingerprint density at radius 2 is 2.00 bits per heavy atom. The van der Waals surface area contributed by atoms with Gasteiger partial charge in [-0.15, -0.1) is 11.3 Å². The number of hydrogen-bond acceptors (Lipinski definition) is 2. The van der Waals surface area contributed by atoms with Crippen LogP contribution in [-0.2, 0) is 6.42 Å². The van der Waals surface area contributed by atoms with E-state index in [0.717, 1.165) is 6.42 Å². The Bertz CT molecular complexity index is 763. The highest BCUT2D eigenvalue weighted by atomic mass is 79.9. The van der Waals surface area contributed by atoms with E-state index in [9.17, 15) is 0 Å². The minimum atomic E-state index is 0.318. The zero-order valence-corrected chi connectivity index (χ0v) is 14.6. The Kier molecular flexibility index (Phi) is 4.43. The molecule has 21 heavy (non-hydrogen) atoms. The molecular weight excluding hydrogens is 342 g/mol. The summed E-state index contributed by atoms with van der Waals surface area (Å²) < 4.78 is 2.55. The van der Waals surface area contributed by atoms with E-state index in [1.165, 1.54) is 31.2 Å². The molecule has 2 aromatic carbocycles. The number of nitrogens with one attached hydrogen (secondary N) is 1. The van der Waals surface area contributed by atoms with E-state index in [0.29, 0.717) is 6.04 Å². The number of aryl methyl sites for hydroxylation is 1. The second kappa shape index (κ2) is 6.30. The smallest absolute Gasteiger partial charge is 0.0370 e. The van der Waals surface area contributed by atoms with Crippen molar-refractivity contribution in [2.45, 2.75) is 19.4 Å². The summed E-state index contributed by atoms with van der Waals surface area (Å²) in [4.78, 5) is 0. The minimum Gasteiger partial charge on any atom is -0.313 e. The quantitative estimate of drug-likeness (QED) is 0.650. The average molecular weight is 360 g/mol. The molecule has 0 fully saturated rings. The van der Waals surface area contributed by atoms with E-state index in [2.05, 4.69) is 76.0 Å². The zero-order chi connectivity index (χ0) is 14.8. The number of likely N-dealkylation sites (N-methyl/N-ethyl adjacent to an activating group) is 1. The third-order valence-electron chi connectivity index (χ3n) is 3.87. The van der Waals surface area contributed by atoms with Crippen LogP contribution in [0.1, 0.15) is 22.7 Å². The molecule has 3 heteroatoms. The molecule has 0 aliphatic rings. The Labute approximate surface area is 138 Å². The summed E-state index contributed by atoms with van der Waals surface area (Å²) in [7, 11) is 2.03. The number of rotatable bonds is 4. The van der Waals surface area contributed by atoms with Crippen molar-refractivity contribution in [1.29, 1.82) is 0 Å². The molecule has 0 bridgehead atoms. The van der Waals surface area contributed by atoms with Gasteiger partial charge in [-0.25, -0.2) is 0 Å². The van der Waals surface area contributed by atoms with Gasteiger partial charge in [0.05, 0.1) is 0 Å². The first-order valence-electron chi connectivity index (χ1n) is 7.07. The maximum Gasteiger partial charge on any atom is 0.0370 e. The maximum absolute atomic E-state index is 3.70. The van der Waals surface area contributed by atoms with Crippen molar-refractivity contribution in [2.75, 3.05) is 7.05 Å². The third-order valence-corrected chi connectivity index (χ3v) is 5.56. The van der Waals surface area contributed by atoms with Gasteiger partial charge in [-0.3, -0.25) is 0 Å². The van der Waals surface area contributed by atoms with Crippen molar-refractivity contribution in [3.8, 4) is 0 Å². The van der Waals surface area contributed by atoms with Crippen molar-refractivity contribution >= 4 is 37.4 Å². The van der Waals surface area contributed by atoms with Crippen molar-refractivity contribution in [3.63, 3.8) is 0 Å². The topological polar surface area (TPSA) is 12.0 Å². The van der Waals surface area contributed by atoms with E-state index in [1.807, 2.05) is 18.4 Å². The van der Waals surface area contributed by atoms with Gasteiger partial charge in [-0.2, -0.15) is 0 Å². The predicted molar refractivity (Wildman–Crippen MR) is 96.2 cm³/mol. The van der Waals surface area contributed by atoms with Crippen LogP contribution >= 0.6 is 27.3 Å². The molecule has 108 valence electrons. The van der Waals surface area contributed by atoms with Gasteiger partial charge in [0.1, 0.15) is 0 Å². The highest BCUT2D eigenvalue weighted by Crippen LogP contribution is 2.32. The summed E-state index contributed by atoms with van der Waals surface area (Å²) in [5.74, 6) is 0. The highest BCUT2D eigenvalue weighted by Gasteiger charge is 2.15. The highest BCUT2D eigenvalue weighted by molar-refractivity contribution is 9.10. The summed E-state index contributed by atoms with van der Waals surface area (Å²) in [5.41, 5.74) is 4.02. The molecule has 1 unspecified atom stereocenters. The number of thiophene rings is 1. The summed E-state index contributed by atoms with van der Waals surface area (Å²) in [6.45, 7) is 2.12. The summed E-state index contributed by atoms with van der Waals surface area (Å²) >= 11 is 5.53. The second-order valence-corrected chi connectivity index (χ2v) is 7.09. The zero-order valence-electron chi connectivity index (χ0n) is 12.2. The fraction of sp³-hybridized carbons (Fsp3) is 0.222. The largest absolute Gasteiger partial charge is 0.313 e. The van der Waals surface area contributed by atoms with Crippen LogP contribution in [-0.4, -0.2) is 7.05 Å². The van der Waals surface area contributed by atoms with Gasteiger partial charge in [0.25, 0.3) is 0 Å². The molecule has 1 N–H and O–H groups in total.